The van der Waals surface area contributed by atoms with Crippen molar-refractivity contribution >= 4 is 27.3 Å². The summed E-state index contributed by atoms with van der Waals surface area (Å²) < 4.78 is 33.7. The van der Waals surface area contributed by atoms with E-state index in [4.69, 9.17) is 4.74 Å². The van der Waals surface area contributed by atoms with Crippen LogP contribution in [0.3, 0.4) is 0 Å². The van der Waals surface area contributed by atoms with Crippen molar-refractivity contribution in [3.8, 4) is 22.7 Å². The smallest absolute Gasteiger partial charge is 0.255 e. The molecule has 0 atom stereocenters. The quantitative estimate of drug-likeness (QED) is 0.337. The third-order valence-electron chi connectivity index (χ3n) is 6.23. The molecule has 204 valence electrons. The maximum atomic E-state index is 13.4. The summed E-state index contributed by atoms with van der Waals surface area (Å²) in [6, 6.07) is 10.7. The number of methoxy groups -OCH3 is 1. The second kappa shape index (κ2) is 10.5. The van der Waals surface area contributed by atoms with Gasteiger partial charge in [-0.25, -0.2) is 13.1 Å². The number of rotatable bonds is 7. The van der Waals surface area contributed by atoms with Gasteiger partial charge < -0.3 is 10.1 Å². The van der Waals surface area contributed by atoms with Crippen LogP contribution in [0.4, 0.5) is 11.4 Å². The summed E-state index contributed by atoms with van der Waals surface area (Å²) in [5.41, 5.74) is 5.62. The fraction of sp³-hybridized carbons (Fsp3) is 0.286. The Hall–Kier alpha value is -4.25. The monoisotopic (exact) mass is 548 g/mol. The van der Waals surface area contributed by atoms with Gasteiger partial charge in [0.1, 0.15) is 5.69 Å². The van der Waals surface area contributed by atoms with Crippen LogP contribution < -0.4 is 14.8 Å². The van der Waals surface area contributed by atoms with Crippen molar-refractivity contribution in [2.75, 3.05) is 23.4 Å². The van der Waals surface area contributed by atoms with Crippen molar-refractivity contribution in [3.63, 3.8) is 0 Å². The Balaban J connectivity index is 1.71. The lowest BCUT2D eigenvalue weighted by molar-refractivity contribution is 0.102. The first-order valence-electron chi connectivity index (χ1n) is 12.2. The summed E-state index contributed by atoms with van der Waals surface area (Å²) in [5.74, 6) is -0.184. The Morgan fingerprint density at radius 3 is 2.38 bits per heavy atom. The lowest BCUT2D eigenvalue weighted by Gasteiger charge is -2.24. The van der Waals surface area contributed by atoms with Crippen LogP contribution in [-0.2, 0) is 15.4 Å². The van der Waals surface area contributed by atoms with Gasteiger partial charge in [-0.3, -0.25) is 14.5 Å². The van der Waals surface area contributed by atoms with Crippen LogP contribution in [0.2, 0.25) is 0 Å². The lowest BCUT2D eigenvalue weighted by atomic mass is 9.86. The molecule has 0 saturated carbocycles. The van der Waals surface area contributed by atoms with Crippen molar-refractivity contribution < 1.29 is 17.9 Å². The number of carbonyl (C=O) groups is 1. The number of hydrogen-bond donors (Lipinski definition) is 2. The van der Waals surface area contributed by atoms with Crippen molar-refractivity contribution in [2.24, 2.45) is 0 Å². The second-order valence-corrected chi connectivity index (χ2v) is 12.2. The molecule has 2 aromatic carbocycles. The zero-order chi connectivity index (χ0) is 28.5. The van der Waals surface area contributed by atoms with Crippen molar-refractivity contribution in [1.82, 2.24) is 20.0 Å². The minimum atomic E-state index is -3.59. The number of hydrogen-bond acceptors (Lipinski definition) is 7. The van der Waals surface area contributed by atoms with E-state index in [9.17, 15) is 13.2 Å². The standard InChI is InChI=1S/C28H32N6O4S/c1-17-10-11-29-15-21(17)24-16-34(33-31-24)25-12-19(9-8-18(25)2)27(35)30-22-13-20(28(3,4)5)14-23(26(22)38-6)32-39(7,36)37/h8-16,32H,1-7H3,(H,30,35). The molecule has 2 heterocycles. The van der Waals surface area contributed by atoms with Gasteiger partial charge in [0.05, 0.1) is 36.6 Å². The predicted octanol–water partition coefficient (Wildman–Crippen LogP) is 4.88. The highest BCUT2D eigenvalue weighted by Crippen LogP contribution is 2.39. The number of aromatic nitrogens is 4. The van der Waals surface area contributed by atoms with Gasteiger partial charge in [-0.2, -0.15) is 0 Å². The number of nitrogens with one attached hydrogen (secondary N) is 2. The fourth-order valence-electron chi connectivity index (χ4n) is 4.08. The van der Waals surface area contributed by atoms with Gasteiger partial charge in [0.25, 0.3) is 5.91 Å². The predicted molar refractivity (Wildman–Crippen MR) is 152 cm³/mol. The molecule has 2 N–H and O–H groups in total. The van der Waals surface area contributed by atoms with Gasteiger partial charge in [-0.05, 0) is 66.3 Å². The van der Waals surface area contributed by atoms with Gasteiger partial charge >= 0.3 is 0 Å². The average molecular weight is 549 g/mol. The lowest BCUT2D eigenvalue weighted by Crippen LogP contribution is -2.18. The molecule has 0 unspecified atom stereocenters. The van der Waals surface area contributed by atoms with E-state index in [1.54, 1.807) is 47.5 Å². The van der Waals surface area contributed by atoms with Gasteiger partial charge in [0.2, 0.25) is 10.0 Å². The van der Waals surface area contributed by atoms with E-state index in [0.717, 1.165) is 28.5 Å². The molecule has 10 nitrogen and oxygen atoms in total. The summed E-state index contributed by atoms with van der Waals surface area (Å²) in [6.07, 6.45) is 6.33. The van der Waals surface area contributed by atoms with Crippen LogP contribution in [0.25, 0.3) is 16.9 Å². The Bertz CT molecular complexity index is 1660. The molecule has 0 aliphatic heterocycles. The molecule has 0 spiro atoms. The zero-order valence-corrected chi connectivity index (χ0v) is 23.8. The van der Waals surface area contributed by atoms with Crippen LogP contribution >= 0.6 is 0 Å². The SMILES string of the molecule is COc1c(NC(=O)c2ccc(C)c(-n3cc(-c4cnccc4C)nn3)c2)cc(C(C)(C)C)cc1NS(C)(=O)=O. The Morgan fingerprint density at radius 1 is 1.03 bits per heavy atom. The van der Waals surface area contributed by atoms with E-state index < -0.39 is 15.9 Å². The summed E-state index contributed by atoms with van der Waals surface area (Å²) >= 11 is 0. The second-order valence-electron chi connectivity index (χ2n) is 10.4. The number of amides is 1. The molecular formula is C28H32N6O4S. The van der Waals surface area contributed by atoms with Crippen molar-refractivity contribution in [1.29, 1.82) is 0 Å². The van der Waals surface area contributed by atoms with Crippen LogP contribution in [0.1, 0.15) is 47.8 Å². The summed E-state index contributed by atoms with van der Waals surface area (Å²) in [5, 5.41) is 11.5. The van der Waals surface area contributed by atoms with Crippen LogP contribution in [0.15, 0.2) is 55.0 Å². The normalized spacial score (nSPS) is 11.8. The molecule has 0 fully saturated rings. The molecule has 0 aliphatic rings. The van der Waals surface area contributed by atoms with E-state index in [-0.39, 0.29) is 16.9 Å². The van der Waals surface area contributed by atoms with E-state index in [1.165, 1.54) is 7.11 Å². The highest BCUT2D eigenvalue weighted by molar-refractivity contribution is 7.92. The molecule has 11 heteroatoms. The number of anilines is 2. The number of pyridine rings is 1. The highest BCUT2D eigenvalue weighted by atomic mass is 32.2. The number of ether oxygens (including phenoxy) is 1. The third-order valence-corrected chi connectivity index (χ3v) is 6.82. The third kappa shape index (κ3) is 6.26. The van der Waals surface area contributed by atoms with Crippen LogP contribution in [0.5, 0.6) is 5.75 Å². The Labute approximate surface area is 228 Å². The molecule has 4 rings (SSSR count). The van der Waals surface area contributed by atoms with Gasteiger partial charge in [0.15, 0.2) is 5.75 Å². The number of benzene rings is 2. The largest absolute Gasteiger partial charge is 0.492 e. The number of sulfonamides is 1. The molecule has 0 radical (unpaired) electrons. The van der Waals surface area contributed by atoms with E-state index >= 15 is 0 Å². The topological polar surface area (TPSA) is 128 Å². The van der Waals surface area contributed by atoms with Crippen LogP contribution in [0, 0.1) is 13.8 Å². The Kier molecular flexibility index (Phi) is 7.47. The molecule has 4 aromatic rings. The molecular weight excluding hydrogens is 516 g/mol. The van der Waals surface area contributed by atoms with Gasteiger partial charge in [0, 0.05) is 23.5 Å². The molecule has 0 bridgehead atoms. The molecule has 2 aromatic heterocycles. The highest BCUT2D eigenvalue weighted by Gasteiger charge is 2.23. The molecule has 0 aliphatic carbocycles. The first kappa shape index (κ1) is 27.8. The zero-order valence-electron chi connectivity index (χ0n) is 23.0. The average Bonchev–Trinajstić information content (AvgIpc) is 3.32. The van der Waals surface area contributed by atoms with E-state index in [0.29, 0.717) is 22.6 Å². The van der Waals surface area contributed by atoms with Gasteiger partial charge in [-0.15, -0.1) is 5.10 Å². The maximum Gasteiger partial charge on any atom is 0.255 e. The first-order chi connectivity index (χ1) is 18.3. The fourth-order valence-corrected chi connectivity index (χ4v) is 4.63. The first-order valence-corrected chi connectivity index (χ1v) is 14.1. The van der Waals surface area contributed by atoms with E-state index in [1.807, 2.05) is 46.8 Å². The van der Waals surface area contributed by atoms with Crippen molar-refractivity contribution in [2.45, 2.75) is 40.0 Å². The van der Waals surface area contributed by atoms with Crippen LogP contribution in [-0.4, -0.2) is 47.7 Å². The number of nitrogens with zero attached hydrogens (tertiary/aromatic N) is 4. The van der Waals surface area contributed by atoms with E-state index in [2.05, 4.69) is 25.3 Å². The Morgan fingerprint density at radius 2 is 1.74 bits per heavy atom. The summed E-state index contributed by atoms with van der Waals surface area (Å²) in [7, 11) is -2.17. The maximum absolute atomic E-state index is 13.4. The van der Waals surface area contributed by atoms with Gasteiger partial charge in [-0.1, -0.05) is 32.1 Å². The number of carbonyl (C=O) groups excluding carboxylic acids is 1. The minimum Gasteiger partial charge on any atom is -0.492 e. The van der Waals surface area contributed by atoms with Crippen molar-refractivity contribution in [3.05, 3.63) is 77.2 Å². The summed E-state index contributed by atoms with van der Waals surface area (Å²) in [6.45, 7) is 9.89. The number of aryl methyl sites for hydroxylation is 2. The molecule has 39 heavy (non-hydrogen) atoms. The summed E-state index contributed by atoms with van der Waals surface area (Å²) in [4.78, 5) is 17.6. The minimum absolute atomic E-state index is 0.210. The molecule has 0 saturated heterocycles. The molecule has 1 amide bonds.